The van der Waals surface area contributed by atoms with Gasteiger partial charge in [0.25, 0.3) is 16.0 Å². The van der Waals surface area contributed by atoms with Crippen LogP contribution in [-0.4, -0.2) is 24.1 Å². The molecule has 72 valence electrons. The first-order chi connectivity index (χ1) is 5.84. The highest BCUT2D eigenvalue weighted by Crippen LogP contribution is 2.22. The van der Waals surface area contributed by atoms with E-state index >= 15 is 0 Å². The Morgan fingerprint density at radius 2 is 1.92 bits per heavy atom. The van der Waals surface area contributed by atoms with Crippen molar-refractivity contribution in [1.29, 1.82) is 0 Å². The first-order valence-corrected chi connectivity index (χ1v) is 4.97. The molecule has 1 amide bonds. The summed E-state index contributed by atoms with van der Waals surface area (Å²) in [6.45, 7) is 2.67. The average molecular weight is 204 g/mol. The standard InChI is InChI=1S/C6H8N2O4S/c1-3-5(6(9)8-7-3)4(2)13(10,11)12/h4H,1-2H3,(H,10,11,12). The lowest BCUT2D eigenvalue weighted by Crippen LogP contribution is -2.22. The summed E-state index contributed by atoms with van der Waals surface area (Å²) in [6, 6.07) is 0. The highest BCUT2D eigenvalue weighted by molar-refractivity contribution is 7.86. The van der Waals surface area contributed by atoms with Crippen molar-refractivity contribution in [2.75, 3.05) is 0 Å². The van der Waals surface area contributed by atoms with E-state index < -0.39 is 21.3 Å². The van der Waals surface area contributed by atoms with Crippen molar-refractivity contribution < 1.29 is 17.8 Å². The minimum Gasteiger partial charge on any atom is -0.285 e. The van der Waals surface area contributed by atoms with Gasteiger partial charge in [-0.2, -0.15) is 13.5 Å². The van der Waals surface area contributed by atoms with E-state index in [1.54, 1.807) is 0 Å². The van der Waals surface area contributed by atoms with Gasteiger partial charge in [0.15, 0.2) is 0 Å². The molecule has 0 fully saturated rings. The molecular formula is C6H8N2O4S. The minimum atomic E-state index is -4.25. The van der Waals surface area contributed by atoms with Gasteiger partial charge in [0, 0.05) is 0 Å². The fourth-order valence-corrected chi connectivity index (χ4v) is 1.57. The Balaban J connectivity index is 3.12. The molecule has 1 atom stereocenters. The quantitative estimate of drug-likeness (QED) is 0.663. The summed E-state index contributed by atoms with van der Waals surface area (Å²) in [5.74, 6) is -0.706. The summed E-state index contributed by atoms with van der Waals surface area (Å²) in [6.07, 6.45) is 0. The molecule has 0 bridgehead atoms. The molecule has 7 heteroatoms. The SMILES string of the molecule is CC1=C(C(C)S(=O)(=O)O)C(=O)N=N1. The molecule has 6 nitrogen and oxygen atoms in total. The Morgan fingerprint density at radius 1 is 1.38 bits per heavy atom. The third kappa shape index (κ3) is 1.81. The molecule has 13 heavy (non-hydrogen) atoms. The van der Waals surface area contributed by atoms with Crippen LogP contribution in [0.15, 0.2) is 21.5 Å². The maximum absolute atomic E-state index is 11.0. The van der Waals surface area contributed by atoms with Crippen LogP contribution < -0.4 is 0 Å². The van der Waals surface area contributed by atoms with Crippen LogP contribution in [-0.2, 0) is 14.9 Å². The summed E-state index contributed by atoms with van der Waals surface area (Å²) in [5.41, 5.74) is 0.164. The number of hydrogen-bond donors (Lipinski definition) is 1. The zero-order valence-corrected chi connectivity index (χ0v) is 7.87. The van der Waals surface area contributed by atoms with Gasteiger partial charge in [-0.25, -0.2) is 0 Å². The van der Waals surface area contributed by atoms with Crippen molar-refractivity contribution in [1.82, 2.24) is 0 Å². The van der Waals surface area contributed by atoms with Crippen LogP contribution in [0.5, 0.6) is 0 Å². The number of nitrogens with zero attached hydrogens (tertiary/aromatic N) is 2. The second kappa shape index (κ2) is 3.00. The monoisotopic (exact) mass is 204 g/mol. The largest absolute Gasteiger partial charge is 0.294 e. The zero-order valence-electron chi connectivity index (χ0n) is 7.05. The number of rotatable bonds is 2. The maximum Gasteiger partial charge on any atom is 0.294 e. The molecule has 0 aromatic rings. The average Bonchev–Trinajstić information content (AvgIpc) is 2.28. The van der Waals surface area contributed by atoms with E-state index in [0.29, 0.717) is 0 Å². The first-order valence-electron chi connectivity index (χ1n) is 3.47. The lowest BCUT2D eigenvalue weighted by molar-refractivity contribution is -0.114. The molecule has 0 spiro atoms. The second-order valence-electron chi connectivity index (χ2n) is 2.66. The molecule has 0 radical (unpaired) electrons. The molecule has 0 saturated heterocycles. The number of carbonyl (C=O) groups is 1. The van der Waals surface area contributed by atoms with E-state index in [9.17, 15) is 13.2 Å². The molecule has 1 rings (SSSR count). The number of carbonyl (C=O) groups excluding carboxylic acids is 1. The molecule has 1 unspecified atom stereocenters. The van der Waals surface area contributed by atoms with Crippen LogP contribution in [0.4, 0.5) is 0 Å². The van der Waals surface area contributed by atoms with Crippen LogP contribution in [0.25, 0.3) is 0 Å². The Morgan fingerprint density at radius 3 is 2.23 bits per heavy atom. The smallest absolute Gasteiger partial charge is 0.285 e. The van der Waals surface area contributed by atoms with Crippen molar-refractivity contribution in [3.05, 3.63) is 11.3 Å². The van der Waals surface area contributed by atoms with Crippen molar-refractivity contribution in [3.63, 3.8) is 0 Å². The van der Waals surface area contributed by atoms with Gasteiger partial charge in [-0.15, -0.1) is 5.11 Å². The number of hydrogen-bond acceptors (Lipinski definition) is 4. The third-order valence-electron chi connectivity index (χ3n) is 1.76. The second-order valence-corrected chi connectivity index (χ2v) is 4.40. The topological polar surface area (TPSA) is 96.2 Å². The van der Waals surface area contributed by atoms with Crippen LogP contribution >= 0.6 is 0 Å². The molecule has 0 aromatic carbocycles. The van der Waals surface area contributed by atoms with Crippen molar-refractivity contribution in [2.45, 2.75) is 19.1 Å². The highest BCUT2D eigenvalue weighted by Gasteiger charge is 2.31. The molecule has 1 heterocycles. The third-order valence-corrected chi connectivity index (χ3v) is 2.89. The molecule has 0 aliphatic carbocycles. The Bertz CT molecular complexity index is 406. The van der Waals surface area contributed by atoms with E-state index in [2.05, 4.69) is 10.2 Å². The van der Waals surface area contributed by atoms with E-state index in [1.807, 2.05) is 0 Å². The Labute approximate surface area is 75.1 Å². The van der Waals surface area contributed by atoms with Crippen LogP contribution in [0, 0.1) is 0 Å². The predicted octanol–water partition coefficient (Wildman–Crippen LogP) is 0.529. The molecule has 1 N–H and O–H groups in total. The number of amides is 1. The normalized spacial score (nSPS) is 19.8. The van der Waals surface area contributed by atoms with Gasteiger partial charge < -0.3 is 0 Å². The van der Waals surface area contributed by atoms with Gasteiger partial charge >= 0.3 is 0 Å². The predicted molar refractivity (Wildman–Crippen MR) is 43.6 cm³/mol. The van der Waals surface area contributed by atoms with Crippen molar-refractivity contribution in [2.24, 2.45) is 10.2 Å². The van der Waals surface area contributed by atoms with E-state index in [-0.39, 0.29) is 11.3 Å². The van der Waals surface area contributed by atoms with Gasteiger partial charge in [-0.1, -0.05) is 0 Å². The molecule has 1 aliphatic rings. The zero-order chi connectivity index (χ0) is 10.2. The van der Waals surface area contributed by atoms with Crippen LogP contribution in [0.2, 0.25) is 0 Å². The van der Waals surface area contributed by atoms with E-state index in [0.717, 1.165) is 0 Å². The number of azo groups is 1. The highest BCUT2D eigenvalue weighted by atomic mass is 32.2. The fourth-order valence-electron chi connectivity index (χ4n) is 1.000. The lowest BCUT2D eigenvalue weighted by atomic mass is 10.1. The molecule has 0 aromatic heterocycles. The van der Waals surface area contributed by atoms with Crippen LogP contribution in [0.1, 0.15) is 13.8 Å². The first kappa shape index (κ1) is 10.0. The van der Waals surface area contributed by atoms with Crippen molar-refractivity contribution in [3.8, 4) is 0 Å². The Kier molecular flexibility index (Phi) is 2.31. The van der Waals surface area contributed by atoms with Gasteiger partial charge in [-0.05, 0) is 13.8 Å². The van der Waals surface area contributed by atoms with E-state index in [4.69, 9.17) is 4.55 Å². The minimum absolute atomic E-state index is 0.0671. The fraction of sp³-hybridized carbons (Fsp3) is 0.500. The molecule has 1 aliphatic heterocycles. The van der Waals surface area contributed by atoms with Gasteiger partial charge in [0.1, 0.15) is 5.25 Å². The summed E-state index contributed by atoms with van der Waals surface area (Å²) >= 11 is 0. The Hall–Kier alpha value is -1.08. The summed E-state index contributed by atoms with van der Waals surface area (Å²) in [7, 11) is -4.25. The summed E-state index contributed by atoms with van der Waals surface area (Å²) < 4.78 is 30.1. The maximum atomic E-state index is 11.0. The van der Waals surface area contributed by atoms with Gasteiger partial charge in [0.05, 0.1) is 11.3 Å². The van der Waals surface area contributed by atoms with Crippen molar-refractivity contribution >= 4 is 16.0 Å². The van der Waals surface area contributed by atoms with Gasteiger partial charge in [-0.3, -0.25) is 9.35 Å². The van der Waals surface area contributed by atoms with Crippen LogP contribution in [0.3, 0.4) is 0 Å². The summed E-state index contributed by atoms with van der Waals surface area (Å²) in [5, 5.41) is 5.31. The molecule has 0 saturated carbocycles. The lowest BCUT2D eigenvalue weighted by Gasteiger charge is -2.06. The van der Waals surface area contributed by atoms with E-state index in [1.165, 1.54) is 13.8 Å². The molecular weight excluding hydrogens is 196 g/mol. The summed E-state index contributed by atoms with van der Waals surface area (Å²) in [4.78, 5) is 11.0. The number of allylic oxidation sites excluding steroid dienone is 1. The van der Waals surface area contributed by atoms with Gasteiger partial charge in [0.2, 0.25) is 0 Å².